The van der Waals surface area contributed by atoms with Crippen molar-refractivity contribution in [3.8, 4) is 0 Å². The Morgan fingerprint density at radius 2 is 1.92 bits per heavy atom. The van der Waals surface area contributed by atoms with Crippen LogP contribution in [0.15, 0.2) is 30.3 Å². The fourth-order valence-electron chi connectivity index (χ4n) is 1.08. The highest BCUT2D eigenvalue weighted by atomic mass is 15.4. The zero-order valence-electron chi connectivity index (χ0n) is 7.67. The summed E-state index contributed by atoms with van der Waals surface area (Å²) in [5.74, 6) is 0. The molecule has 0 aliphatic heterocycles. The van der Waals surface area contributed by atoms with Gasteiger partial charge in [-0.2, -0.15) is 0 Å². The van der Waals surface area contributed by atoms with Crippen LogP contribution in [-0.2, 0) is 0 Å². The van der Waals surface area contributed by atoms with E-state index >= 15 is 0 Å². The molecule has 1 aromatic carbocycles. The summed E-state index contributed by atoms with van der Waals surface area (Å²) in [5, 5.41) is 0. The van der Waals surface area contributed by atoms with Gasteiger partial charge in [-0.15, -0.1) is 0 Å². The quantitative estimate of drug-likeness (QED) is 0.664. The SMILES string of the molecule is CCNNC(C)c1ccccc1. The Hall–Kier alpha value is -0.860. The van der Waals surface area contributed by atoms with Crippen molar-refractivity contribution in [2.75, 3.05) is 6.54 Å². The highest BCUT2D eigenvalue weighted by Gasteiger charge is 2.00. The van der Waals surface area contributed by atoms with Gasteiger partial charge in [-0.25, -0.2) is 0 Å². The number of hydrazine groups is 1. The van der Waals surface area contributed by atoms with Crippen molar-refractivity contribution in [1.82, 2.24) is 10.9 Å². The minimum absolute atomic E-state index is 0.367. The van der Waals surface area contributed by atoms with Crippen molar-refractivity contribution in [3.05, 3.63) is 35.9 Å². The summed E-state index contributed by atoms with van der Waals surface area (Å²) in [4.78, 5) is 0. The predicted octanol–water partition coefficient (Wildman–Crippen LogP) is 1.86. The lowest BCUT2D eigenvalue weighted by atomic mass is 10.1. The third kappa shape index (κ3) is 2.64. The van der Waals surface area contributed by atoms with Crippen LogP contribution in [0, 0.1) is 0 Å². The fraction of sp³-hybridized carbons (Fsp3) is 0.400. The lowest BCUT2D eigenvalue weighted by Gasteiger charge is -2.13. The van der Waals surface area contributed by atoms with Crippen molar-refractivity contribution in [2.45, 2.75) is 19.9 Å². The lowest BCUT2D eigenvalue weighted by Crippen LogP contribution is -2.33. The molecule has 0 aliphatic carbocycles. The summed E-state index contributed by atoms with van der Waals surface area (Å²) in [6.45, 7) is 5.15. The second kappa shape index (κ2) is 4.91. The van der Waals surface area contributed by atoms with Crippen LogP contribution in [-0.4, -0.2) is 6.54 Å². The first kappa shape index (κ1) is 9.23. The third-order valence-electron chi connectivity index (χ3n) is 1.79. The van der Waals surface area contributed by atoms with Crippen LogP contribution in [0.3, 0.4) is 0 Å². The third-order valence-corrected chi connectivity index (χ3v) is 1.79. The number of benzene rings is 1. The minimum atomic E-state index is 0.367. The summed E-state index contributed by atoms with van der Waals surface area (Å²) in [7, 11) is 0. The largest absolute Gasteiger partial charge is 0.258 e. The Labute approximate surface area is 74.0 Å². The molecule has 0 amide bonds. The van der Waals surface area contributed by atoms with Gasteiger partial charge >= 0.3 is 0 Å². The first-order chi connectivity index (χ1) is 5.84. The van der Waals surface area contributed by atoms with Crippen molar-refractivity contribution >= 4 is 0 Å². The molecule has 0 saturated heterocycles. The number of hydrogen-bond acceptors (Lipinski definition) is 2. The lowest BCUT2D eigenvalue weighted by molar-refractivity contribution is 0.475. The van der Waals surface area contributed by atoms with E-state index in [-0.39, 0.29) is 0 Å². The molecule has 0 heterocycles. The van der Waals surface area contributed by atoms with Gasteiger partial charge in [-0.05, 0) is 12.5 Å². The van der Waals surface area contributed by atoms with Crippen molar-refractivity contribution in [2.24, 2.45) is 0 Å². The Kier molecular flexibility index (Phi) is 3.77. The van der Waals surface area contributed by atoms with Crippen LogP contribution < -0.4 is 10.9 Å². The summed E-state index contributed by atoms with van der Waals surface area (Å²) < 4.78 is 0. The maximum atomic E-state index is 3.20. The molecule has 0 aromatic heterocycles. The van der Waals surface area contributed by atoms with Crippen molar-refractivity contribution in [3.63, 3.8) is 0 Å². The van der Waals surface area contributed by atoms with Crippen LogP contribution >= 0.6 is 0 Å². The van der Waals surface area contributed by atoms with E-state index in [0.717, 1.165) is 6.54 Å². The van der Waals surface area contributed by atoms with E-state index in [0.29, 0.717) is 6.04 Å². The van der Waals surface area contributed by atoms with E-state index < -0.39 is 0 Å². The minimum Gasteiger partial charge on any atom is -0.258 e. The van der Waals surface area contributed by atoms with E-state index in [1.54, 1.807) is 0 Å². The summed E-state index contributed by atoms with van der Waals surface area (Å²) >= 11 is 0. The van der Waals surface area contributed by atoms with E-state index in [1.165, 1.54) is 5.56 Å². The molecule has 1 atom stereocenters. The van der Waals surface area contributed by atoms with E-state index in [2.05, 4.69) is 49.0 Å². The van der Waals surface area contributed by atoms with Crippen LogP contribution in [0.25, 0.3) is 0 Å². The van der Waals surface area contributed by atoms with Gasteiger partial charge in [0.05, 0.1) is 0 Å². The van der Waals surface area contributed by atoms with E-state index in [1.807, 2.05) is 6.07 Å². The Morgan fingerprint density at radius 3 is 2.50 bits per heavy atom. The second-order valence-corrected chi connectivity index (χ2v) is 2.81. The number of hydrogen-bond donors (Lipinski definition) is 2. The number of rotatable bonds is 4. The van der Waals surface area contributed by atoms with Gasteiger partial charge in [0, 0.05) is 12.6 Å². The van der Waals surface area contributed by atoms with Crippen LogP contribution in [0.2, 0.25) is 0 Å². The Bertz CT molecular complexity index is 208. The van der Waals surface area contributed by atoms with Crippen LogP contribution in [0.5, 0.6) is 0 Å². The van der Waals surface area contributed by atoms with E-state index in [9.17, 15) is 0 Å². The number of nitrogens with one attached hydrogen (secondary N) is 2. The van der Waals surface area contributed by atoms with Crippen molar-refractivity contribution < 1.29 is 0 Å². The van der Waals surface area contributed by atoms with Gasteiger partial charge in [-0.3, -0.25) is 10.9 Å². The molecule has 0 aliphatic rings. The predicted molar refractivity (Wildman–Crippen MR) is 51.7 cm³/mol. The van der Waals surface area contributed by atoms with Crippen molar-refractivity contribution in [1.29, 1.82) is 0 Å². The van der Waals surface area contributed by atoms with Gasteiger partial charge < -0.3 is 0 Å². The maximum absolute atomic E-state index is 3.20. The molecule has 66 valence electrons. The molecular formula is C10H16N2. The molecule has 1 unspecified atom stereocenters. The fourth-order valence-corrected chi connectivity index (χ4v) is 1.08. The molecule has 0 radical (unpaired) electrons. The molecule has 0 saturated carbocycles. The molecule has 0 fully saturated rings. The van der Waals surface area contributed by atoms with Crippen LogP contribution in [0.4, 0.5) is 0 Å². The average Bonchev–Trinajstić information content (AvgIpc) is 2.15. The summed E-state index contributed by atoms with van der Waals surface area (Å²) in [6, 6.07) is 10.7. The zero-order valence-corrected chi connectivity index (χ0v) is 7.67. The van der Waals surface area contributed by atoms with Gasteiger partial charge in [0.2, 0.25) is 0 Å². The first-order valence-electron chi connectivity index (χ1n) is 4.38. The highest BCUT2D eigenvalue weighted by molar-refractivity contribution is 5.17. The monoisotopic (exact) mass is 164 g/mol. The second-order valence-electron chi connectivity index (χ2n) is 2.81. The van der Waals surface area contributed by atoms with Crippen LogP contribution in [0.1, 0.15) is 25.5 Å². The molecule has 1 aromatic rings. The summed E-state index contributed by atoms with van der Waals surface area (Å²) in [5.41, 5.74) is 7.60. The standard InChI is InChI=1S/C10H16N2/c1-3-11-12-9(2)10-7-5-4-6-8-10/h4-9,11-12H,3H2,1-2H3. The summed E-state index contributed by atoms with van der Waals surface area (Å²) in [6.07, 6.45) is 0. The molecular weight excluding hydrogens is 148 g/mol. The molecule has 2 nitrogen and oxygen atoms in total. The van der Waals surface area contributed by atoms with E-state index in [4.69, 9.17) is 0 Å². The molecule has 0 spiro atoms. The molecule has 0 bridgehead atoms. The topological polar surface area (TPSA) is 24.1 Å². The Balaban J connectivity index is 2.48. The highest BCUT2D eigenvalue weighted by Crippen LogP contribution is 2.09. The molecule has 12 heavy (non-hydrogen) atoms. The molecule has 2 heteroatoms. The van der Waals surface area contributed by atoms with Gasteiger partial charge in [0.15, 0.2) is 0 Å². The zero-order chi connectivity index (χ0) is 8.81. The van der Waals surface area contributed by atoms with Gasteiger partial charge in [-0.1, -0.05) is 37.3 Å². The van der Waals surface area contributed by atoms with Gasteiger partial charge in [0.1, 0.15) is 0 Å². The Morgan fingerprint density at radius 1 is 1.25 bits per heavy atom. The molecule has 1 rings (SSSR count). The first-order valence-corrected chi connectivity index (χ1v) is 4.38. The van der Waals surface area contributed by atoms with Gasteiger partial charge in [0.25, 0.3) is 0 Å². The molecule has 2 N–H and O–H groups in total. The maximum Gasteiger partial charge on any atom is 0.0434 e. The smallest absolute Gasteiger partial charge is 0.0434 e. The average molecular weight is 164 g/mol. The normalized spacial score (nSPS) is 12.8.